The summed E-state index contributed by atoms with van der Waals surface area (Å²) in [5.41, 5.74) is 0.936. The number of nitrogens with zero attached hydrogens (tertiary/aromatic N) is 3. The van der Waals surface area contributed by atoms with Crippen LogP contribution < -0.4 is 20.3 Å². The summed E-state index contributed by atoms with van der Waals surface area (Å²) in [4.78, 5) is 23.1. The summed E-state index contributed by atoms with van der Waals surface area (Å²) in [6.07, 6.45) is 3.29. The number of aromatic nitrogens is 2. The van der Waals surface area contributed by atoms with Gasteiger partial charge in [0.2, 0.25) is 5.91 Å². The number of rotatable bonds is 8. The van der Waals surface area contributed by atoms with Gasteiger partial charge in [-0.05, 0) is 30.7 Å². The fraction of sp³-hybridized carbons (Fsp3) is 0.381. The molecule has 1 amide bonds. The summed E-state index contributed by atoms with van der Waals surface area (Å²) in [6.45, 7) is 6.01. The van der Waals surface area contributed by atoms with Crippen molar-refractivity contribution in [3.05, 3.63) is 47.8 Å². The van der Waals surface area contributed by atoms with Gasteiger partial charge in [0.25, 0.3) is 0 Å². The second kappa shape index (κ2) is 10.4. The van der Waals surface area contributed by atoms with Gasteiger partial charge in [-0.2, -0.15) is 0 Å². The van der Waals surface area contributed by atoms with Crippen molar-refractivity contribution in [2.45, 2.75) is 6.92 Å². The Morgan fingerprint density at radius 1 is 1.21 bits per heavy atom. The number of hydrogen-bond acceptors (Lipinski definition) is 7. The Balaban J connectivity index is 1.44. The van der Waals surface area contributed by atoms with E-state index < -0.39 is 0 Å². The molecule has 8 nitrogen and oxygen atoms in total. The molecule has 0 atom stereocenters. The van der Waals surface area contributed by atoms with E-state index in [4.69, 9.17) is 9.47 Å². The molecular formula is C21H27N5O3. The molecule has 1 saturated heterocycles. The molecule has 0 bridgehead atoms. The van der Waals surface area contributed by atoms with Crippen molar-refractivity contribution in [1.29, 1.82) is 0 Å². The van der Waals surface area contributed by atoms with E-state index in [0.29, 0.717) is 32.1 Å². The number of anilines is 2. The monoisotopic (exact) mass is 397 g/mol. The van der Waals surface area contributed by atoms with E-state index in [1.165, 1.54) is 6.08 Å². The average molecular weight is 397 g/mol. The van der Waals surface area contributed by atoms with Gasteiger partial charge in [0.05, 0.1) is 20.3 Å². The third kappa shape index (κ3) is 6.46. The largest absolute Gasteiger partial charge is 0.497 e. The first-order valence-corrected chi connectivity index (χ1v) is 9.66. The number of hydrogen-bond donors (Lipinski definition) is 2. The molecule has 1 aliphatic rings. The van der Waals surface area contributed by atoms with Crippen molar-refractivity contribution in [2.75, 3.05) is 56.7 Å². The van der Waals surface area contributed by atoms with Crippen LogP contribution in [0.25, 0.3) is 6.08 Å². The number of methoxy groups -OCH3 is 1. The summed E-state index contributed by atoms with van der Waals surface area (Å²) in [7, 11) is 1.62. The number of benzene rings is 1. The third-order valence-corrected chi connectivity index (χ3v) is 4.43. The Bertz CT molecular complexity index is 833. The highest BCUT2D eigenvalue weighted by Crippen LogP contribution is 2.17. The van der Waals surface area contributed by atoms with Gasteiger partial charge >= 0.3 is 0 Å². The molecule has 154 valence electrons. The quantitative estimate of drug-likeness (QED) is 0.519. The molecule has 2 N–H and O–H groups in total. The standard InChI is InChI=1S/C21H27N5O3/c1-16-24-19(15-20(25-16)26-11-13-29-14-12-26)22-9-10-23-21(27)8-5-17-3-6-18(28-2)7-4-17/h3-8,15H,9-14H2,1-2H3,(H,23,27)(H,22,24,25)/b8-5+. The SMILES string of the molecule is COc1ccc(/C=C/C(=O)NCCNc2cc(N3CCOCC3)nc(C)n2)cc1. The van der Waals surface area contributed by atoms with Crippen molar-refractivity contribution < 1.29 is 14.3 Å². The summed E-state index contributed by atoms with van der Waals surface area (Å²) >= 11 is 0. The first-order chi connectivity index (χ1) is 14.1. The van der Waals surface area contributed by atoms with E-state index in [1.54, 1.807) is 13.2 Å². The number of ether oxygens (including phenoxy) is 2. The number of amides is 1. The second-order valence-corrected chi connectivity index (χ2v) is 6.58. The smallest absolute Gasteiger partial charge is 0.244 e. The summed E-state index contributed by atoms with van der Waals surface area (Å²) < 4.78 is 10.5. The highest BCUT2D eigenvalue weighted by atomic mass is 16.5. The van der Waals surface area contributed by atoms with E-state index in [2.05, 4.69) is 25.5 Å². The van der Waals surface area contributed by atoms with E-state index in [-0.39, 0.29) is 5.91 Å². The Hall–Kier alpha value is -3.13. The van der Waals surface area contributed by atoms with Crippen LogP contribution in [-0.2, 0) is 9.53 Å². The lowest BCUT2D eigenvalue weighted by molar-refractivity contribution is -0.116. The maximum atomic E-state index is 12.0. The van der Waals surface area contributed by atoms with Crippen LogP contribution in [0.5, 0.6) is 5.75 Å². The van der Waals surface area contributed by atoms with Crippen LogP contribution in [0.15, 0.2) is 36.4 Å². The molecule has 1 fully saturated rings. The molecule has 3 rings (SSSR count). The highest BCUT2D eigenvalue weighted by molar-refractivity contribution is 5.91. The molecule has 1 aromatic carbocycles. The molecule has 0 spiro atoms. The lowest BCUT2D eigenvalue weighted by Crippen LogP contribution is -2.37. The van der Waals surface area contributed by atoms with Gasteiger partial charge < -0.3 is 25.0 Å². The van der Waals surface area contributed by atoms with Crippen molar-refractivity contribution in [2.24, 2.45) is 0 Å². The molecule has 0 saturated carbocycles. The summed E-state index contributed by atoms with van der Waals surface area (Å²) in [5, 5.41) is 6.10. The van der Waals surface area contributed by atoms with Crippen molar-refractivity contribution in [3.8, 4) is 5.75 Å². The molecular weight excluding hydrogens is 370 g/mol. The van der Waals surface area contributed by atoms with Gasteiger partial charge in [-0.15, -0.1) is 0 Å². The lowest BCUT2D eigenvalue weighted by Gasteiger charge is -2.28. The predicted octanol–water partition coefficient (Wildman–Crippen LogP) is 1.87. The van der Waals surface area contributed by atoms with Crippen LogP contribution >= 0.6 is 0 Å². The molecule has 0 aliphatic carbocycles. The first-order valence-electron chi connectivity index (χ1n) is 9.66. The maximum absolute atomic E-state index is 12.0. The van der Waals surface area contributed by atoms with Crippen LogP contribution in [0, 0.1) is 6.92 Å². The minimum absolute atomic E-state index is 0.143. The van der Waals surface area contributed by atoms with Crippen LogP contribution in [0.1, 0.15) is 11.4 Å². The number of nitrogens with one attached hydrogen (secondary N) is 2. The molecule has 2 aromatic rings. The zero-order valence-corrected chi connectivity index (χ0v) is 16.9. The van der Waals surface area contributed by atoms with Gasteiger partial charge in [0, 0.05) is 38.3 Å². The zero-order valence-electron chi connectivity index (χ0n) is 16.9. The molecule has 8 heteroatoms. The number of carbonyl (C=O) groups excluding carboxylic acids is 1. The molecule has 2 heterocycles. The van der Waals surface area contributed by atoms with Crippen molar-refractivity contribution in [3.63, 3.8) is 0 Å². The minimum Gasteiger partial charge on any atom is -0.497 e. The average Bonchev–Trinajstić information content (AvgIpc) is 2.76. The van der Waals surface area contributed by atoms with E-state index >= 15 is 0 Å². The van der Waals surface area contributed by atoms with Crippen LogP contribution in [0.4, 0.5) is 11.6 Å². The maximum Gasteiger partial charge on any atom is 0.244 e. The van der Waals surface area contributed by atoms with Gasteiger partial charge in [0.1, 0.15) is 23.2 Å². The van der Waals surface area contributed by atoms with Crippen LogP contribution in [0.3, 0.4) is 0 Å². The van der Waals surface area contributed by atoms with Gasteiger partial charge in [-0.25, -0.2) is 9.97 Å². The lowest BCUT2D eigenvalue weighted by atomic mass is 10.2. The van der Waals surface area contributed by atoms with Crippen molar-refractivity contribution in [1.82, 2.24) is 15.3 Å². The van der Waals surface area contributed by atoms with Gasteiger partial charge in [-0.3, -0.25) is 4.79 Å². The van der Waals surface area contributed by atoms with E-state index in [0.717, 1.165) is 36.0 Å². The summed E-state index contributed by atoms with van der Waals surface area (Å²) in [5.74, 6) is 3.00. The summed E-state index contributed by atoms with van der Waals surface area (Å²) in [6, 6.07) is 9.44. The van der Waals surface area contributed by atoms with Crippen LogP contribution in [0.2, 0.25) is 0 Å². The highest BCUT2D eigenvalue weighted by Gasteiger charge is 2.14. The number of morpholine rings is 1. The van der Waals surface area contributed by atoms with E-state index in [9.17, 15) is 4.79 Å². The zero-order chi connectivity index (χ0) is 20.5. The van der Waals surface area contributed by atoms with Crippen LogP contribution in [-0.4, -0.2) is 62.4 Å². The number of carbonyl (C=O) groups is 1. The molecule has 29 heavy (non-hydrogen) atoms. The number of aryl methyl sites for hydroxylation is 1. The molecule has 1 aromatic heterocycles. The molecule has 1 aliphatic heterocycles. The van der Waals surface area contributed by atoms with Gasteiger partial charge in [0.15, 0.2) is 0 Å². The Kier molecular flexibility index (Phi) is 7.40. The third-order valence-electron chi connectivity index (χ3n) is 4.43. The van der Waals surface area contributed by atoms with Gasteiger partial charge in [-0.1, -0.05) is 12.1 Å². The topological polar surface area (TPSA) is 88.6 Å². The predicted molar refractivity (Wildman–Crippen MR) is 113 cm³/mol. The Morgan fingerprint density at radius 3 is 2.69 bits per heavy atom. The molecule has 0 radical (unpaired) electrons. The Morgan fingerprint density at radius 2 is 1.97 bits per heavy atom. The first kappa shape index (κ1) is 20.6. The van der Waals surface area contributed by atoms with Crippen molar-refractivity contribution >= 4 is 23.6 Å². The normalized spacial score (nSPS) is 14.1. The van der Waals surface area contributed by atoms with E-state index in [1.807, 2.05) is 37.3 Å². The second-order valence-electron chi connectivity index (χ2n) is 6.58. The molecule has 0 unspecified atom stereocenters. The fourth-order valence-corrected chi connectivity index (χ4v) is 2.92. The Labute approximate surface area is 170 Å². The fourth-order valence-electron chi connectivity index (χ4n) is 2.92. The minimum atomic E-state index is -0.143.